The molecule has 0 radical (unpaired) electrons. The maximum atomic E-state index is 12.4. The van der Waals surface area contributed by atoms with Crippen LogP contribution < -0.4 is 5.32 Å². The van der Waals surface area contributed by atoms with Gasteiger partial charge in [0, 0.05) is 16.9 Å². The predicted molar refractivity (Wildman–Crippen MR) is 83.4 cm³/mol. The minimum Gasteiger partial charge on any atom is -0.326 e. The molecule has 0 bridgehead atoms. The summed E-state index contributed by atoms with van der Waals surface area (Å²) in [7, 11) is 0. The summed E-state index contributed by atoms with van der Waals surface area (Å²) in [6.07, 6.45) is 4.58. The molecule has 1 fully saturated rings. The first-order valence-corrected chi connectivity index (χ1v) is 8.11. The predicted octanol–water partition coefficient (Wildman–Crippen LogP) is 4.74. The lowest BCUT2D eigenvalue weighted by atomic mass is 9.68. The van der Waals surface area contributed by atoms with E-state index in [1.54, 1.807) is 0 Å². The summed E-state index contributed by atoms with van der Waals surface area (Å²) in [4.78, 5) is 12.4. The average molecular weight is 324 g/mol. The van der Waals surface area contributed by atoms with Crippen molar-refractivity contribution in [3.05, 3.63) is 29.8 Å². The second-order valence-electron chi connectivity index (χ2n) is 6.11. The van der Waals surface area contributed by atoms with Crippen molar-refractivity contribution in [3.8, 4) is 0 Å². The molecular formula is C16H22BrNO. The smallest absolute Gasteiger partial charge is 0.228 e. The van der Waals surface area contributed by atoms with E-state index in [9.17, 15) is 4.79 Å². The molecule has 1 aromatic rings. The Morgan fingerprint density at radius 1 is 1.32 bits per heavy atom. The minimum atomic E-state index is 0.123. The maximum absolute atomic E-state index is 12.4. The monoisotopic (exact) mass is 323 g/mol. The zero-order chi connectivity index (χ0) is 13.9. The molecule has 0 saturated heterocycles. The van der Waals surface area contributed by atoms with Crippen LogP contribution in [0.4, 0.5) is 5.69 Å². The van der Waals surface area contributed by atoms with E-state index in [0.29, 0.717) is 0 Å². The molecule has 2 nitrogen and oxygen atoms in total. The fourth-order valence-corrected chi connectivity index (χ4v) is 3.26. The Bertz CT molecular complexity index is 439. The van der Waals surface area contributed by atoms with E-state index in [1.807, 2.05) is 24.3 Å². The molecule has 1 aliphatic carbocycles. The summed E-state index contributed by atoms with van der Waals surface area (Å²) in [5.41, 5.74) is 2.24. The van der Waals surface area contributed by atoms with E-state index in [0.717, 1.165) is 23.9 Å². The lowest BCUT2D eigenvalue weighted by molar-refractivity contribution is -0.124. The van der Waals surface area contributed by atoms with Crippen LogP contribution in [-0.4, -0.2) is 5.91 Å². The second-order valence-corrected chi connectivity index (χ2v) is 6.67. The van der Waals surface area contributed by atoms with Gasteiger partial charge in [-0.2, -0.15) is 0 Å². The van der Waals surface area contributed by atoms with Gasteiger partial charge in [0.05, 0.1) is 0 Å². The largest absolute Gasteiger partial charge is 0.326 e. The van der Waals surface area contributed by atoms with Gasteiger partial charge in [-0.05, 0) is 36.0 Å². The number of hydrogen-bond donors (Lipinski definition) is 1. The van der Waals surface area contributed by atoms with Crippen LogP contribution in [-0.2, 0) is 10.1 Å². The highest BCUT2D eigenvalue weighted by atomic mass is 79.9. The number of amides is 1. The van der Waals surface area contributed by atoms with Gasteiger partial charge in [-0.3, -0.25) is 4.79 Å². The van der Waals surface area contributed by atoms with Crippen LogP contribution in [0.15, 0.2) is 24.3 Å². The Kier molecular flexibility index (Phi) is 4.67. The fraction of sp³-hybridized carbons (Fsp3) is 0.562. The van der Waals surface area contributed by atoms with Crippen LogP contribution in [0.5, 0.6) is 0 Å². The Morgan fingerprint density at radius 2 is 2.00 bits per heavy atom. The quantitative estimate of drug-likeness (QED) is 0.800. The van der Waals surface area contributed by atoms with Gasteiger partial charge in [-0.25, -0.2) is 0 Å². The summed E-state index contributed by atoms with van der Waals surface area (Å²) in [5.74, 6) is 0.313. The lowest BCUT2D eigenvalue weighted by Gasteiger charge is -2.37. The van der Waals surface area contributed by atoms with Crippen LogP contribution in [0.2, 0.25) is 0 Å². The van der Waals surface area contributed by atoms with Gasteiger partial charge >= 0.3 is 0 Å². The number of anilines is 1. The van der Waals surface area contributed by atoms with Crippen LogP contribution in [0, 0.1) is 11.3 Å². The lowest BCUT2D eigenvalue weighted by Crippen LogP contribution is -2.37. The third kappa shape index (κ3) is 3.59. The van der Waals surface area contributed by atoms with E-state index >= 15 is 0 Å². The van der Waals surface area contributed by atoms with Gasteiger partial charge in [0.25, 0.3) is 0 Å². The molecule has 2 rings (SSSR count). The van der Waals surface area contributed by atoms with Crippen LogP contribution >= 0.6 is 15.9 Å². The molecule has 0 spiro atoms. The molecule has 0 aromatic heterocycles. The van der Waals surface area contributed by atoms with Gasteiger partial charge < -0.3 is 5.32 Å². The van der Waals surface area contributed by atoms with Crippen LogP contribution in [0.25, 0.3) is 0 Å². The van der Waals surface area contributed by atoms with E-state index < -0.39 is 0 Å². The number of hydrogen-bond acceptors (Lipinski definition) is 1. The Hall–Kier alpha value is -0.830. The van der Waals surface area contributed by atoms with Gasteiger partial charge in [-0.1, -0.05) is 54.8 Å². The fourth-order valence-electron chi connectivity index (χ4n) is 2.89. The van der Waals surface area contributed by atoms with Crippen molar-refractivity contribution in [1.82, 2.24) is 0 Å². The topological polar surface area (TPSA) is 29.1 Å². The molecule has 1 aromatic carbocycles. The molecule has 1 amide bonds. The van der Waals surface area contributed by atoms with Crippen LogP contribution in [0.1, 0.15) is 45.1 Å². The highest BCUT2D eigenvalue weighted by molar-refractivity contribution is 9.08. The van der Waals surface area contributed by atoms with E-state index in [-0.39, 0.29) is 17.2 Å². The van der Waals surface area contributed by atoms with Crippen molar-refractivity contribution >= 4 is 27.5 Å². The van der Waals surface area contributed by atoms with Crippen molar-refractivity contribution in [2.45, 2.75) is 44.9 Å². The molecule has 1 unspecified atom stereocenters. The first kappa shape index (κ1) is 14.6. The number of rotatable bonds is 3. The summed E-state index contributed by atoms with van der Waals surface area (Å²) in [6.45, 7) is 4.43. The van der Waals surface area contributed by atoms with E-state index in [1.165, 1.54) is 18.4 Å². The average Bonchev–Trinajstić information content (AvgIpc) is 2.39. The molecular weight excluding hydrogens is 302 g/mol. The zero-order valence-corrected chi connectivity index (χ0v) is 13.3. The van der Waals surface area contributed by atoms with Crippen molar-refractivity contribution in [2.75, 3.05) is 5.32 Å². The second kappa shape index (κ2) is 6.08. The number of alkyl halides is 1. The summed E-state index contributed by atoms with van der Waals surface area (Å²) in [5, 5.41) is 3.91. The van der Waals surface area contributed by atoms with Crippen molar-refractivity contribution in [3.63, 3.8) is 0 Å². The number of carbonyl (C=O) groups excluding carboxylic acids is 1. The van der Waals surface area contributed by atoms with Crippen molar-refractivity contribution in [2.24, 2.45) is 11.3 Å². The highest BCUT2D eigenvalue weighted by Crippen LogP contribution is 2.41. The number of benzene rings is 1. The third-order valence-electron chi connectivity index (χ3n) is 4.20. The molecule has 0 aliphatic heterocycles. The van der Waals surface area contributed by atoms with E-state index in [2.05, 4.69) is 35.1 Å². The highest BCUT2D eigenvalue weighted by Gasteiger charge is 2.36. The molecule has 1 saturated carbocycles. The van der Waals surface area contributed by atoms with Crippen LogP contribution in [0.3, 0.4) is 0 Å². The van der Waals surface area contributed by atoms with Gasteiger partial charge in [0.15, 0.2) is 0 Å². The molecule has 1 atom stereocenters. The van der Waals surface area contributed by atoms with Crippen molar-refractivity contribution in [1.29, 1.82) is 0 Å². The summed E-state index contributed by atoms with van der Waals surface area (Å²) >= 11 is 3.42. The Morgan fingerprint density at radius 3 is 2.58 bits per heavy atom. The van der Waals surface area contributed by atoms with Gasteiger partial charge in [0.1, 0.15) is 0 Å². The summed E-state index contributed by atoms with van der Waals surface area (Å²) in [6, 6.07) is 8.03. The standard InChI is InChI=1S/C16H22BrNO/c1-16(2)10-4-3-5-14(16)15(19)18-13-8-6-12(11-17)7-9-13/h6-9,14H,3-5,10-11H2,1-2H3,(H,18,19). The molecule has 19 heavy (non-hydrogen) atoms. The number of halogens is 1. The summed E-state index contributed by atoms with van der Waals surface area (Å²) < 4.78 is 0. The minimum absolute atomic E-state index is 0.123. The first-order valence-electron chi connectivity index (χ1n) is 6.99. The Balaban J connectivity index is 2.03. The first-order chi connectivity index (χ1) is 9.03. The van der Waals surface area contributed by atoms with Crippen molar-refractivity contribution < 1.29 is 4.79 Å². The van der Waals surface area contributed by atoms with Gasteiger partial charge in [0.2, 0.25) is 5.91 Å². The number of nitrogens with one attached hydrogen (secondary N) is 1. The number of carbonyl (C=O) groups is 1. The SMILES string of the molecule is CC1(C)CCCCC1C(=O)Nc1ccc(CBr)cc1. The van der Waals surface area contributed by atoms with Gasteiger partial charge in [-0.15, -0.1) is 0 Å². The molecule has 3 heteroatoms. The molecule has 1 aliphatic rings. The Labute approximate surface area is 124 Å². The third-order valence-corrected chi connectivity index (χ3v) is 4.85. The maximum Gasteiger partial charge on any atom is 0.228 e. The molecule has 1 N–H and O–H groups in total. The zero-order valence-electron chi connectivity index (χ0n) is 11.7. The molecule has 104 valence electrons. The molecule has 0 heterocycles. The van der Waals surface area contributed by atoms with E-state index in [4.69, 9.17) is 0 Å². The normalized spacial score (nSPS) is 21.9.